The van der Waals surface area contributed by atoms with E-state index >= 15 is 0 Å². The highest BCUT2D eigenvalue weighted by Crippen LogP contribution is 2.24. The van der Waals surface area contributed by atoms with Crippen molar-refractivity contribution < 1.29 is 9.59 Å². The molecule has 2 amide bonds. The third kappa shape index (κ3) is 6.13. The van der Waals surface area contributed by atoms with E-state index < -0.39 is 0 Å². The standard InChI is InChI=1S/C28H35N3O2/c1-4-7-18-31(19-8-5-2)28(33)25(29-27(32)22-14-10-9-11-15-22)20-23-21-30(6-3)26-17-13-12-16-24(23)26/h9-17,20-21H,4-8,18-19H2,1-3H3,(H,29,32)/b25-20-. The molecule has 0 aliphatic rings. The van der Waals surface area contributed by atoms with Gasteiger partial charge in [0.2, 0.25) is 0 Å². The minimum atomic E-state index is -0.277. The number of aromatic nitrogens is 1. The van der Waals surface area contributed by atoms with Gasteiger partial charge in [0.15, 0.2) is 0 Å². The number of nitrogens with zero attached hydrogens (tertiary/aromatic N) is 2. The van der Waals surface area contributed by atoms with E-state index in [1.54, 1.807) is 12.1 Å². The molecule has 0 saturated heterocycles. The van der Waals surface area contributed by atoms with Crippen LogP contribution in [0.1, 0.15) is 62.4 Å². The van der Waals surface area contributed by atoms with Crippen LogP contribution in [0, 0.1) is 0 Å². The molecular weight excluding hydrogens is 410 g/mol. The zero-order chi connectivity index (χ0) is 23.6. The topological polar surface area (TPSA) is 54.3 Å². The lowest BCUT2D eigenvalue weighted by atomic mass is 10.1. The van der Waals surface area contributed by atoms with Crippen molar-refractivity contribution >= 4 is 28.8 Å². The first kappa shape index (κ1) is 24.3. The third-order valence-corrected chi connectivity index (χ3v) is 5.82. The van der Waals surface area contributed by atoms with Gasteiger partial charge >= 0.3 is 0 Å². The second-order valence-corrected chi connectivity index (χ2v) is 8.27. The van der Waals surface area contributed by atoms with Gasteiger partial charge in [0.1, 0.15) is 5.70 Å². The monoisotopic (exact) mass is 445 g/mol. The summed E-state index contributed by atoms with van der Waals surface area (Å²) in [5.74, 6) is -0.408. The highest BCUT2D eigenvalue weighted by molar-refractivity contribution is 6.06. The van der Waals surface area contributed by atoms with Crippen LogP contribution in [0.15, 0.2) is 66.5 Å². The summed E-state index contributed by atoms with van der Waals surface area (Å²) in [6.07, 6.45) is 7.78. The SMILES string of the molecule is CCCCN(CCCC)C(=O)/C(=C/c1cn(CC)c2ccccc12)NC(=O)c1ccccc1. The van der Waals surface area contributed by atoms with Crippen LogP contribution in [0.25, 0.3) is 17.0 Å². The van der Waals surface area contributed by atoms with E-state index in [1.165, 1.54) is 0 Å². The lowest BCUT2D eigenvalue weighted by molar-refractivity contribution is -0.127. The van der Waals surface area contributed by atoms with Gasteiger partial charge in [-0.25, -0.2) is 0 Å². The number of carbonyl (C=O) groups excluding carboxylic acids is 2. The van der Waals surface area contributed by atoms with Gasteiger partial charge in [0.25, 0.3) is 11.8 Å². The van der Waals surface area contributed by atoms with Crippen LogP contribution in [0.5, 0.6) is 0 Å². The summed E-state index contributed by atoms with van der Waals surface area (Å²) in [5, 5.41) is 3.99. The Hall–Kier alpha value is -3.34. The van der Waals surface area contributed by atoms with E-state index in [-0.39, 0.29) is 11.8 Å². The van der Waals surface area contributed by atoms with E-state index in [4.69, 9.17) is 0 Å². The minimum Gasteiger partial charge on any atom is -0.347 e. The molecule has 0 bridgehead atoms. The predicted octanol–water partition coefficient (Wildman–Crippen LogP) is 5.86. The number of benzene rings is 2. The maximum absolute atomic E-state index is 13.7. The number of rotatable bonds is 11. The second kappa shape index (κ2) is 12.0. The zero-order valence-corrected chi connectivity index (χ0v) is 20.0. The summed E-state index contributed by atoms with van der Waals surface area (Å²) in [6.45, 7) is 8.54. The molecule has 5 heteroatoms. The molecule has 174 valence electrons. The number of amides is 2. The van der Waals surface area contributed by atoms with E-state index in [1.807, 2.05) is 41.3 Å². The largest absolute Gasteiger partial charge is 0.347 e. The maximum atomic E-state index is 13.7. The van der Waals surface area contributed by atoms with Gasteiger partial charge in [-0.3, -0.25) is 9.59 Å². The van der Waals surface area contributed by atoms with E-state index in [0.29, 0.717) is 24.4 Å². The molecule has 0 aliphatic heterocycles. The molecule has 3 rings (SSSR count). The number of fused-ring (bicyclic) bond motifs is 1. The molecule has 2 aromatic carbocycles. The molecule has 5 nitrogen and oxygen atoms in total. The average Bonchev–Trinajstić information content (AvgIpc) is 3.21. The molecule has 0 radical (unpaired) electrons. The van der Waals surface area contributed by atoms with Crippen molar-refractivity contribution in [2.24, 2.45) is 0 Å². The predicted molar refractivity (Wildman–Crippen MR) is 136 cm³/mol. The summed E-state index contributed by atoms with van der Waals surface area (Å²) in [5.41, 5.74) is 2.88. The van der Waals surface area contributed by atoms with E-state index in [9.17, 15) is 9.59 Å². The van der Waals surface area contributed by atoms with Crippen molar-refractivity contribution in [1.82, 2.24) is 14.8 Å². The number of nitrogens with one attached hydrogen (secondary N) is 1. The molecular formula is C28H35N3O2. The van der Waals surface area contributed by atoms with Crippen LogP contribution < -0.4 is 5.32 Å². The molecule has 0 fully saturated rings. The Balaban J connectivity index is 2.02. The number of hydrogen-bond acceptors (Lipinski definition) is 2. The fourth-order valence-electron chi connectivity index (χ4n) is 3.93. The lowest BCUT2D eigenvalue weighted by Crippen LogP contribution is -2.39. The Labute approximate surface area is 197 Å². The zero-order valence-electron chi connectivity index (χ0n) is 20.0. The van der Waals surface area contributed by atoms with Gasteiger partial charge in [-0.2, -0.15) is 0 Å². The minimum absolute atomic E-state index is 0.130. The molecule has 33 heavy (non-hydrogen) atoms. The third-order valence-electron chi connectivity index (χ3n) is 5.82. The first-order valence-electron chi connectivity index (χ1n) is 12.0. The first-order chi connectivity index (χ1) is 16.1. The Kier molecular flexibility index (Phi) is 8.87. The molecule has 0 aliphatic carbocycles. The molecule has 0 atom stereocenters. The Bertz CT molecular complexity index is 1090. The van der Waals surface area contributed by atoms with Crippen molar-refractivity contribution in [3.8, 4) is 0 Å². The molecule has 3 aromatic rings. The Morgan fingerprint density at radius 3 is 2.18 bits per heavy atom. The quantitative estimate of drug-likeness (QED) is 0.376. The van der Waals surface area contributed by atoms with Crippen molar-refractivity contribution in [1.29, 1.82) is 0 Å². The van der Waals surface area contributed by atoms with Crippen LogP contribution in [0.3, 0.4) is 0 Å². The summed E-state index contributed by atoms with van der Waals surface area (Å²) >= 11 is 0. The van der Waals surface area contributed by atoms with Crippen LogP contribution in [-0.2, 0) is 11.3 Å². The highest BCUT2D eigenvalue weighted by Gasteiger charge is 2.21. The Morgan fingerprint density at radius 1 is 0.909 bits per heavy atom. The summed E-state index contributed by atoms with van der Waals surface area (Å²) in [7, 11) is 0. The average molecular weight is 446 g/mol. The van der Waals surface area contributed by atoms with Gasteiger partial charge in [0, 0.05) is 47.9 Å². The molecule has 0 spiro atoms. The molecule has 1 heterocycles. The number of para-hydroxylation sites is 1. The van der Waals surface area contributed by atoms with Gasteiger partial charge < -0.3 is 14.8 Å². The summed E-state index contributed by atoms with van der Waals surface area (Å²) in [4.78, 5) is 28.6. The number of hydrogen-bond donors (Lipinski definition) is 1. The van der Waals surface area contributed by atoms with Gasteiger partial charge in [-0.05, 0) is 44.0 Å². The van der Waals surface area contributed by atoms with Gasteiger partial charge in [0.05, 0.1) is 0 Å². The molecule has 1 aromatic heterocycles. The number of unbranched alkanes of at least 4 members (excludes halogenated alkanes) is 2. The molecule has 0 unspecified atom stereocenters. The fraction of sp³-hybridized carbons (Fsp3) is 0.357. The van der Waals surface area contributed by atoms with Gasteiger partial charge in [-0.15, -0.1) is 0 Å². The van der Waals surface area contributed by atoms with Gasteiger partial charge in [-0.1, -0.05) is 63.1 Å². The maximum Gasteiger partial charge on any atom is 0.270 e. The van der Waals surface area contributed by atoms with Crippen molar-refractivity contribution in [3.63, 3.8) is 0 Å². The van der Waals surface area contributed by atoms with Crippen LogP contribution >= 0.6 is 0 Å². The van der Waals surface area contributed by atoms with E-state index in [2.05, 4.69) is 49.0 Å². The second-order valence-electron chi connectivity index (χ2n) is 8.27. The Morgan fingerprint density at radius 2 is 1.55 bits per heavy atom. The van der Waals surface area contributed by atoms with E-state index in [0.717, 1.165) is 48.7 Å². The molecule has 0 saturated carbocycles. The van der Waals surface area contributed by atoms with Crippen molar-refractivity contribution in [3.05, 3.63) is 77.6 Å². The lowest BCUT2D eigenvalue weighted by Gasteiger charge is -2.24. The van der Waals surface area contributed by atoms with Crippen LogP contribution in [-0.4, -0.2) is 34.4 Å². The smallest absolute Gasteiger partial charge is 0.270 e. The number of carbonyl (C=O) groups is 2. The normalized spacial score (nSPS) is 11.5. The number of aryl methyl sites for hydroxylation is 1. The summed E-state index contributed by atoms with van der Waals surface area (Å²) < 4.78 is 2.16. The first-order valence-corrected chi connectivity index (χ1v) is 12.0. The van der Waals surface area contributed by atoms with Crippen molar-refractivity contribution in [2.45, 2.75) is 53.0 Å². The summed E-state index contributed by atoms with van der Waals surface area (Å²) in [6, 6.07) is 17.2. The molecule has 1 N–H and O–H groups in total. The van der Waals surface area contributed by atoms with Crippen molar-refractivity contribution in [2.75, 3.05) is 13.1 Å². The fourth-order valence-corrected chi connectivity index (χ4v) is 3.93. The van der Waals surface area contributed by atoms with Crippen LogP contribution in [0.2, 0.25) is 0 Å². The van der Waals surface area contributed by atoms with Crippen LogP contribution in [0.4, 0.5) is 0 Å². The highest BCUT2D eigenvalue weighted by atomic mass is 16.2.